The average Bonchev–Trinajstić information content (AvgIpc) is 2.77. The molecule has 0 radical (unpaired) electrons. The van der Waals surface area contributed by atoms with Gasteiger partial charge in [-0.25, -0.2) is 10.4 Å². The summed E-state index contributed by atoms with van der Waals surface area (Å²) in [6, 6.07) is 16.0. The predicted molar refractivity (Wildman–Crippen MR) is 121 cm³/mol. The highest BCUT2D eigenvalue weighted by Crippen LogP contribution is 2.33. The van der Waals surface area contributed by atoms with Gasteiger partial charge in [-0.05, 0) is 30.5 Å². The summed E-state index contributed by atoms with van der Waals surface area (Å²) in [6.45, 7) is 1.18. The van der Waals surface area contributed by atoms with Gasteiger partial charge in [0.2, 0.25) is 0 Å². The Morgan fingerprint density at radius 1 is 1.19 bits per heavy atom. The van der Waals surface area contributed by atoms with Gasteiger partial charge in [-0.2, -0.15) is 5.10 Å². The molecule has 0 unspecified atom stereocenters. The first-order chi connectivity index (χ1) is 15.0. The Balaban J connectivity index is 1.45. The van der Waals surface area contributed by atoms with Crippen molar-refractivity contribution in [3.63, 3.8) is 0 Å². The summed E-state index contributed by atoms with van der Waals surface area (Å²) >= 11 is 3.47. The van der Waals surface area contributed by atoms with Crippen molar-refractivity contribution in [2.75, 3.05) is 6.61 Å². The largest absolute Gasteiger partial charge is 0.507 e. The van der Waals surface area contributed by atoms with Crippen molar-refractivity contribution in [3.8, 4) is 5.75 Å². The number of aryl methyl sites for hydroxylation is 1. The second-order valence-electron chi connectivity index (χ2n) is 6.68. The van der Waals surface area contributed by atoms with E-state index < -0.39 is 18.1 Å². The zero-order valence-corrected chi connectivity index (χ0v) is 18.0. The quantitative estimate of drug-likeness (QED) is 0.337. The summed E-state index contributed by atoms with van der Waals surface area (Å²) in [4.78, 5) is 34.3. The van der Waals surface area contributed by atoms with E-state index in [4.69, 9.17) is 4.84 Å². The molecule has 0 aliphatic heterocycles. The number of nitrogens with zero attached hydrogens (tertiary/aromatic N) is 3. The lowest BCUT2D eigenvalue weighted by Gasteiger charge is -2.11. The third-order valence-electron chi connectivity index (χ3n) is 4.61. The molecule has 0 aliphatic carbocycles. The van der Waals surface area contributed by atoms with Gasteiger partial charge < -0.3 is 9.94 Å². The highest BCUT2D eigenvalue weighted by atomic mass is 79.9. The molecule has 0 bridgehead atoms. The zero-order chi connectivity index (χ0) is 22.0. The lowest BCUT2D eigenvalue weighted by Crippen LogP contribution is -2.35. The number of hydrazone groups is 1. The molecule has 1 aromatic heterocycles. The predicted octanol–water partition coefficient (Wildman–Crippen LogP) is 2.91. The van der Waals surface area contributed by atoms with Gasteiger partial charge in [-0.1, -0.05) is 52.3 Å². The number of aromatic hydroxyl groups is 1. The number of phenolic OH excluding ortho intramolecular Hbond substituents is 1. The van der Waals surface area contributed by atoms with Crippen molar-refractivity contribution in [2.24, 2.45) is 5.10 Å². The van der Waals surface area contributed by atoms with Gasteiger partial charge in [-0.3, -0.25) is 9.59 Å². The Morgan fingerprint density at radius 3 is 2.65 bits per heavy atom. The van der Waals surface area contributed by atoms with Crippen molar-refractivity contribution >= 4 is 49.7 Å². The first kappa shape index (κ1) is 20.5. The van der Waals surface area contributed by atoms with Gasteiger partial charge in [0.25, 0.3) is 11.5 Å². The lowest BCUT2D eigenvalue weighted by molar-refractivity contribution is -0.126. The van der Waals surface area contributed by atoms with Crippen molar-refractivity contribution < 1.29 is 14.7 Å². The number of hydrogen-bond acceptors (Lipinski definition) is 6. The van der Waals surface area contributed by atoms with Crippen molar-refractivity contribution in [3.05, 3.63) is 80.8 Å². The topological polar surface area (TPSA) is 106 Å². The highest BCUT2D eigenvalue weighted by molar-refractivity contribution is 9.10. The molecule has 0 aliphatic rings. The van der Waals surface area contributed by atoms with E-state index in [1.807, 2.05) is 18.2 Å². The van der Waals surface area contributed by atoms with E-state index in [1.54, 1.807) is 43.3 Å². The number of benzene rings is 3. The molecule has 0 atom stereocenters. The Labute approximate surface area is 184 Å². The molecule has 0 fully saturated rings. The van der Waals surface area contributed by atoms with Crippen LogP contribution in [0.2, 0.25) is 0 Å². The monoisotopic (exact) mass is 480 g/mol. The number of fused-ring (bicyclic) bond motifs is 2. The number of halogens is 1. The molecule has 0 spiro atoms. The van der Waals surface area contributed by atoms with Crippen LogP contribution in [0.5, 0.6) is 5.75 Å². The number of hydrogen-bond donors (Lipinski definition) is 2. The molecule has 9 heteroatoms. The normalized spacial score (nSPS) is 11.3. The fraction of sp³-hybridized carbons (Fsp3) is 0.0909. The van der Waals surface area contributed by atoms with Gasteiger partial charge in [0.05, 0.1) is 17.1 Å². The lowest BCUT2D eigenvalue weighted by atomic mass is 10.1. The minimum absolute atomic E-state index is 0.0532. The van der Waals surface area contributed by atoms with E-state index in [0.29, 0.717) is 27.7 Å². The smallest absolute Gasteiger partial charge is 0.294 e. The second kappa shape index (κ2) is 8.57. The summed E-state index contributed by atoms with van der Waals surface area (Å²) in [5, 5.41) is 16.2. The maximum atomic E-state index is 12.5. The molecular weight excluding hydrogens is 464 g/mol. The van der Waals surface area contributed by atoms with E-state index in [1.165, 1.54) is 6.21 Å². The molecule has 0 saturated heterocycles. The van der Waals surface area contributed by atoms with Crippen LogP contribution in [-0.4, -0.2) is 33.5 Å². The summed E-state index contributed by atoms with van der Waals surface area (Å²) in [7, 11) is 0. The molecule has 4 aromatic rings. The van der Waals surface area contributed by atoms with E-state index in [9.17, 15) is 14.7 Å². The molecule has 1 heterocycles. The summed E-state index contributed by atoms with van der Waals surface area (Å²) in [5.41, 5.74) is 2.90. The number of aromatic nitrogens is 2. The molecule has 156 valence electrons. The Bertz CT molecular complexity index is 1400. The van der Waals surface area contributed by atoms with E-state index in [-0.39, 0.29) is 5.75 Å². The van der Waals surface area contributed by atoms with Crippen LogP contribution >= 0.6 is 15.9 Å². The summed E-state index contributed by atoms with van der Waals surface area (Å²) in [5.74, 6) is -0.196. The molecular formula is C22H17BrN4O4. The highest BCUT2D eigenvalue weighted by Gasteiger charge is 2.11. The minimum atomic E-state index is -0.574. The van der Waals surface area contributed by atoms with Crippen LogP contribution in [0.4, 0.5) is 0 Å². The van der Waals surface area contributed by atoms with E-state index in [2.05, 4.69) is 31.4 Å². The molecule has 31 heavy (non-hydrogen) atoms. The SMILES string of the molecule is Cc1nc2ccccc2c(=O)n1OCC(=O)NN=Cc1cc(Br)c2ccccc2c1O. The summed E-state index contributed by atoms with van der Waals surface area (Å²) < 4.78 is 1.77. The molecule has 4 rings (SSSR count). The van der Waals surface area contributed by atoms with Gasteiger partial charge in [-0.15, -0.1) is 4.73 Å². The fourth-order valence-corrected chi connectivity index (χ4v) is 3.74. The Hall–Kier alpha value is -3.72. The van der Waals surface area contributed by atoms with Gasteiger partial charge in [0.15, 0.2) is 6.61 Å². The first-order valence-electron chi connectivity index (χ1n) is 9.29. The van der Waals surface area contributed by atoms with Gasteiger partial charge >= 0.3 is 0 Å². The molecule has 8 nitrogen and oxygen atoms in total. The first-order valence-corrected chi connectivity index (χ1v) is 10.1. The molecule has 3 aromatic carbocycles. The van der Waals surface area contributed by atoms with Crippen LogP contribution in [-0.2, 0) is 4.79 Å². The van der Waals surface area contributed by atoms with Crippen LogP contribution in [0, 0.1) is 6.92 Å². The van der Waals surface area contributed by atoms with Crippen molar-refractivity contribution in [2.45, 2.75) is 6.92 Å². The molecule has 1 amide bonds. The van der Waals surface area contributed by atoms with Gasteiger partial charge in [0.1, 0.15) is 11.6 Å². The molecule has 2 N–H and O–H groups in total. The number of para-hydroxylation sites is 1. The molecule has 0 saturated carbocycles. The Kier molecular flexibility index (Phi) is 5.68. The third-order valence-corrected chi connectivity index (χ3v) is 5.26. The third kappa shape index (κ3) is 4.13. The van der Waals surface area contributed by atoms with Crippen molar-refractivity contribution in [1.29, 1.82) is 0 Å². The summed E-state index contributed by atoms with van der Waals surface area (Å²) in [6.07, 6.45) is 1.33. The number of amides is 1. The number of carbonyl (C=O) groups excluding carboxylic acids is 1. The number of phenols is 1. The van der Waals surface area contributed by atoms with Crippen LogP contribution in [0.3, 0.4) is 0 Å². The standard InChI is InChI=1S/C22H17BrN4O4/c1-13-25-19-9-5-4-8-17(19)22(30)27(13)31-12-20(28)26-24-11-14-10-18(23)15-6-2-3-7-16(15)21(14)29/h2-11,29H,12H2,1H3,(H,26,28). The number of carbonyl (C=O) groups is 1. The van der Waals surface area contributed by atoms with Crippen molar-refractivity contribution in [1.82, 2.24) is 15.1 Å². The van der Waals surface area contributed by atoms with Crippen LogP contribution < -0.4 is 15.8 Å². The minimum Gasteiger partial charge on any atom is -0.507 e. The second-order valence-corrected chi connectivity index (χ2v) is 7.54. The van der Waals surface area contributed by atoms with Gasteiger partial charge in [0, 0.05) is 15.4 Å². The Morgan fingerprint density at radius 2 is 1.87 bits per heavy atom. The van der Waals surface area contributed by atoms with Crippen LogP contribution in [0.1, 0.15) is 11.4 Å². The van der Waals surface area contributed by atoms with E-state index >= 15 is 0 Å². The number of nitrogens with one attached hydrogen (secondary N) is 1. The maximum Gasteiger partial charge on any atom is 0.294 e. The number of rotatable bonds is 5. The zero-order valence-electron chi connectivity index (χ0n) is 16.4. The van der Waals surface area contributed by atoms with Crippen LogP contribution in [0.25, 0.3) is 21.7 Å². The fourth-order valence-electron chi connectivity index (χ4n) is 3.14. The maximum absolute atomic E-state index is 12.5. The average molecular weight is 481 g/mol. The van der Waals surface area contributed by atoms with E-state index in [0.717, 1.165) is 14.6 Å². The van der Waals surface area contributed by atoms with Crippen LogP contribution in [0.15, 0.2) is 69.0 Å².